The van der Waals surface area contributed by atoms with Gasteiger partial charge in [0.2, 0.25) is 0 Å². The van der Waals surface area contributed by atoms with Crippen LogP contribution in [-0.4, -0.2) is 50.2 Å². The Kier molecular flexibility index (Phi) is 7.77. The summed E-state index contributed by atoms with van der Waals surface area (Å²) in [5.74, 6) is 0.405. The van der Waals surface area contributed by atoms with Crippen LogP contribution in [0.2, 0.25) is 5.02 Å². The summed E-state index contributed by atoms with van der Waals surface area (Å²) >= 11 is 6.15. The van der Waals surface area contributed by atoms with Crippen molar-refractivity contribution in [3.05, 3.63) is 58.7 Å². The van der Waals surface area contributed by atoms with E-state index in [0.29, 0.717) is 40.8 Å². The van der Waals surface area contributed by atoms with Gasteiger partial charge in [-0.25, -0.2) is 0 Å². The van der Waals surface area contributed by atoms with Crippen LogP contribution in [0.15, 0.2) is 48.2 Å². The molecule has 0 fully saturated rings. The topological polar surface area (TPSA) is 77.1 Å². The van der Waals surface area contributed by atoms with Gasteiger partial charge in [0.1, 0.15) is 17.2 Å². The number of rotatable bonds is 10. The number of imide groups is 1. The molecule has 0 atom stereocenters. The van der Waals surface area contributed by atoms with Crippen molar-refractivity contribution in [3.63, 3.8) is 0 Å². The Labute approximate surface area is 192 Å². The zero-order valence-electron chi connectivity index (χ0n) is 18.6. The van der Waals surface area contributed by atoms with Crippen LogP contribution in [0, 0.1) is 0 Å². The molecule has 0 aliphatic carbocycles. The first-order valence-electron chi connectivity index (χ1n) is 10.3. The van der Waals surface area contributed by atoms with Crippen molar-refractivity contribution in [1.29, 1.82) is 0 Å². The normalized spacial score (nSPS) is 13.9. The summed E-state index contributed by atoms with van der Waals surface area (Å²) in [6.45, 7) is 4.57. The molecule has 32 heavy (non-hydrogen) atoms. The van der Waals surface area contributed by atoms with Gasteiger partial charge in [0.05, 0.1) is 24.5 Å². The Morgan fingerprint density at radius 3 is 2.38 bits per heavy atom. The number of anilines is 1. The van der Waals surface area contributed by atoms with E-state index in [0.717, 1.165) is 0 Å². The third-order valence-electron chi connectivity index (χ3n) is 4.83. The van der Waals surface area contributed by atoms with Gasteiger partial charge in [-0.05, 0) is 56.2 Å². The van der Waals surface area contributed by atoms with E-state index in [-0.39, 0.29) is 29.8 Å². The minimum atomic E-state index is -0.411. The van der Waals surface area contributed by atoms with Gasteiger partial charge in [-0.1, -0.05) is 23.7 Å². The van der Waals surface area contributed by atoms with E-state index in [1.54, 1.807) is 49.6 Å². The molecule has 0 saturated heterocycles. The fraction of sp³-hybridized carbons (Fsp3) is 0.333. The number of halogens is 1. The second kappa shape index (κ2) is 10.5. The molecular weight excluding hydrogens is 432 g/mol. The van der Waals surface area contributed by atoms with Crippen LogP contribution in [-0.2, 0) is 14.3 Å². The molecule has 0 radical (unpaired) electrons. The fourth-order valence-corrected chi connectivity index (χ4v) is 3.59. The molecule has 0 spiro atoms. The highest BCUT2D eigenvalue weighted by Crippen LogP contribution is 2.35. The van der Waals surface area contributed by atoms with Crippen molar-refractivity contribution in [2.24, 2.45) is 0 Å². The van der Waals surface area contributed by atoms with Gasteiger partial charge in [-0.15, -0.1) is 0 Å². The third-order valence-corrected chi connectivity index (χ3v) is 5.07. The Bertz CT molecular complexity index is 1020. The van der Waals surface area contributed by atoms with E-state index >= 15 is 0 Å². The fourth-order valence-electron chi connectivity index (χ4n) is 3.41. The summed E-state index contributed by atoms with van der Waals surface area (Å²) in [6.07, 6.45) is 0.564. The number of hydrogen-bond donors (Lipinski definition) is 1. The van der Waals surface area contributed by atoms with Crippen LogP contribution in [0.4, 0.5) is 5.69 Å². The second-order valence-corrected chi connectivity index (χ2v) is 7.96. The standard InChI is InChI=1S/C24H27ClN2O5/c1-15(2)32-18-9-6-16(7-10-18)21-22(24(29)27(23(21)28)12-5-13-30-3)26-19-14-17(25)8-11-20(19)31-4/h6-11,14-15,26H,5,12-13H2,1-4H3. The highest BCUT2D eigenvalue weighted by molar-refractivity contribution is 6.36. The number of amides is 2. The molecule has 1 aliphatic rings. The highest BCUT2D eigenvalue weighted by Gasteiger charge is 2.39. The number of carbonyl (C=O) groups is 2. The monoisotopic (exact) mass is 458 g/mol. The number of nitrogens with one attached hydrogen (secondary N) is 1. The van der Waals surface area contributed by atoms with Crippen molar-refractivity contribution in [2.75, 3.05) is 32.7 Å². The van der Waals surface area contributed by atoms with E-state index in [1.165, 1.54) is 12.0 Å². The number of ether oxygens (including phenoxy) is 3. The first-order chi connectivity index (χ1) is 15.3. The predicted molar refractivity (Wildman–Crippen MR) is 124 cm³/mol. The largest absolute Gasteiger partial charge is 0.495 e. The quantitative estimate of drug-likeness (QED) is 0.421. The SMILES string of the molecule is COCCCN1C(=O)C(Nc2cc(Cl)ccc2OC)=C(c2ccc(OC(C)C)cc2)C1=O. The molecule has 8 heteroatoms. The van der Waals surface area contributed by atoms with Crippen molar-refractivity contribution >= 4 is 34.7 Å². The van der Waals surface area contributed by atoms with Gasteiger partial charge in [0.25, 0.3) is 11.8 Å². The van der Waals surface area contributed by atoms with E-state index in [1.807, 2.05) is 13.8 Å². The molecule has 7 nitrogen and oxygen atoms in total. The van der Waals surface area contributed by atoms with E-state index in [2.05, 4.69) is 5.32 Å². The number of nitrogens with zero attached hydrogens (tertiary/aromatic N) is 1. The van der Waals surface area contributed by atoms with Gasteiger partial charge < -0.3 is 19.5 Å². The van der Waals surface area contributed by atoms with E-state index in [9.17, 15) is 9.59 Å². The molecule has 2 aromatic rings. The Hall–Kier alpha value is -3.03. The zero-order valence-corrected chi connectivity index (χ0v) is 19.4. The van der Waals surface area contributed by atoms with Crippen LogP contribution >= 0.6 is 11.6 Å². The summed E-state index contributed by atoms with van der Waals surface area (Å²) in [5.41, 5.74) is 1.56. The molecule has 2 amide bonds. The van der Waals surface area contributed by atoms with Gasteiger partial charge >= 0.3 is 0 Å². The van der Waals surface area contributed by atoms with Crippen molar-refractivity contribution in [3.8, 4) is 11.5 Å². The lowest BCUT2D eigenvalue weighted by Gasteiger charge is -2.15. The van der Waals surface area contributed by atoms with Crippen LogP contribution in [0.25, 0.3) is 5.57 Å². The summed E-state index contributed by atoms with van der Waals surface area (Å²) in [7, 11) is 3.10. The van der Waals surface area contributed by atoms with Crippen molar-refractivity contribution in [1.82, 2.24) is 4.90 Å². The smallest absolute Gasteiger partial charge is 0.278 e. The molecule has 1 aliphatic heterocycles. The predicted octanol–water partition coefficient (Wildman–Crippen LogP) is 4.36. The molecule has 3 rings (SSSR count). The zero-order chi connectivity index (χ0) is 23.3. The average Bonchev–Trinajstić information content (AvgIpc) is 2.98. The van der Waals surface area contributed by atoms with Crippen LogP contribution < -0.4 is 14.8 Å². The van der Waals surface area contributed by atoms with Gasteiger partial charge in [0.15, 0.2) is 0 Å². The van der Waals surface area contributed by atoms with Crippen LogP contribution in [0.3, 0.4) is 0 Å². The van der Waals surface area contributed by atoms with Crippen LogP contribution in [0.5, 0.6) is 11.5 Å². The van der Waals surface area contributed by atoms with Gasteiger partial charge in [-0.2, -0.15) is 0 Å². The lowest BCUT2D eigenvalue weighted by atomic mass is 10.0. The molecule has 170 valence electrons. The molecular formula is C24H27ClN2O5. The molecule has 1 N–H and O–H groups in total. The molecule has 2 aromatic carbocycles. The van der Waals surface area contributed by atoms with Crippen molar-refractivity contribution in [2.45, 2.75) is 26.4 Å². The number of benzene rings is 2. The van der Waals surface area contributed by atoms with E-state index in [4.69, 9.17) is 25.8 Å². The second-order valence-electron chi connectivity index (χ2n) is 7.52. The first-order valence-corrected chi connectivity index (χ1v) is 10.7. The molecule has 0 unspecified atom stereocenters. The maximum absolute atomic E-state index is 13.3. The Morgan fingerprint density at radius 2 is 1.75 bits per heavy atom. The summed E-state index contributed by atoms with van der Waals surface area (Å²) in [4.78, 5) is 27.7. The van der Waals surface area contributed by atoms with E-state index < -0.39 is 5.91 Å². The molecule has 0 saturated carbocycles. The maximum atomic E-state index is 13.3. The minimum absolute atomic E-state index is 0.0264. The summed E-state index contributed by atoms with van der Waals surface area (Å²) < 4.78 is 16.1. The molecule has 0 bridgehead atoms. The Balaban J connectivity index is 2.02. The summed E-state index contributed by atoms with van der Waals surface area (Å²) in [5, 5.41) is 3.56. The van der Waals surface area contributed by atoms with Gasteiger partial charge in [-0.3, -0.25) is 14.5 Å². The lowest BCUT2D eigenvalue weighted by molar-refractivity contribution is -0.136. The number of hydrogen-bond acceptors (Lipinski definition) is 6. The third kappa shape index (κ3) is 5.23. The van der Waals surface area contributed by atoms with Crippen molar-refractivity contribution < 1.29 is 23.8 Å². The highest BCUT2D eigenvalue weighted by atomic mass is 35.5. The number of carbonyl (C=O) groups excluding carboxylic acids is 2. The first kappa shape index (κ1) is 23.6. The maximum Gasteiger partial charge on any atom is 0.278 e. The Morgan fingerprint density at radius 1 is 1.03 bits per heavy atom. The van der Waals surface area contributed by atoms with Crippen LogP contribution in [0.1, 0.15) is 25.8 Å². The molecule has 1 heterocycles. The average molecular weight is 459 g/mol. The van der Waals surface area contributed by atoms with Gasteiger partial charge in [0, 0.05) is 25.3 Å². The summed E-state index contributed by atoms with van der Waals surface area (Å²) in [6, 6.07) is 12.1. The minimum Gasteiger partial charge on any atom is -0.495 e. The number of methoxy groups -OCH3 is 2. The molecule has 0 aromatic heterocycles. The lowest BCUT2D eigenvalue weighted by Crippen LogP contribution is -2.33.